The Labute approximate surface area is 145 Å². The Hall–Kier alpha value is -1.79. The van der Waals surface area contributed by atoms with Crippen LogP contribution in [0.4, 0.5) is 0 Å². The third-order valence-electron chi connectivity index (χ3n) is 4.47. The average molecular weight is 333 g/mol. The Morgan fingerprint density at radius 2 is 2.04 bits per heavy atom. The second-order valence-corrected chi connectivity index (χ2v) is 6.37. The molecule has 0 spiro atoms. The van der Waals surface area contributed by atoms with Crippen molar-refractivity contribution in [3.63, 3.8) is 0 Å². The Bertz CT molecular complexity index is 565. The molecule has 0 aliphatic heterocycles. The van der Waals surface area contributed by atoms with E-state index in [-0.39, 0.29) is 0 Å². The molecule has 134 valence electrons. The van der Waals surface area contributed by atoms with Crippen LogP contribution in [-0.2, 0) is 6.42 Å². The minimum atomic E-state index is 0.319. The van der Waals surface area contributed by atoms with Crippen molar-refractivity contribution in [3.05, 3.63) is 29.2 Å². The number of nitrogens with one attached hydrogen (secondary N) is 1. The molecule has 1 aromatic heterocycles. The highest BCUT2D eigenvalue weighted by molar-refractivity contribution is 5.63. The summed E-state index contributed by atoms with van der Waals surface area (Å²) in [5.74, 6) is 6.77. The molecule has 24 heavy (non-hydrogen) atoms. The number of nitrogens with zero attached hydrogens (tertiary/aromatic N) is 2. The van der Waals surface area contributed by atoms with Gasteiger partial charge in [-0.2, -0.15) is 0 Å². The van der Waals surface area contributed by atoms with E-state index in [0.717, 1.165) is 42.1 Å². The quantitative estimate of drug-likeness (QED) is 0.522. The monoisotopic (exact) mass is 333 g/mol. The predicted molar refractivity (Wildman–Crippen MR) is 98.1 cm³/mol. The van der Waals surface area contributed by atoms with E-state index in [1.807, 2.05) is 19.2 Å². The number of pyridine rings is 1. The summed E-state index contributed by atoms with van der Waals surface area (Å²) in [6, 6.07) is 3.92. The Kier molecular flexibility index (Phi) is 6.87. The van der Waals surface area contributed by atoms with Crippen molar-refractivity contribution >= 4 is 5.70 Å². The second-order valence-electron chi connectivity index (χ2n) is 6.37. The highest BCUT2D eigenvalue weighted by Gasteiger charge is 2.18. The zero-order valence-electron chi connectivity index (χ0n) is 15.1. The van der Waals surface area contributed by atoms with Crippen molar-refractivity contribution in [2.75, 3.05) is 20.6 Å². The summed E-state index contributed by atoms with van der Waals surface area (Å²) in [5, 5.41) is 4.62. The van der Waals surface area contributed by atoms with E-state index >= 15 is 0 Å². The number of hydrazine groups is 1. The predicted octanol–water partition coefficient (Wildman–Crippen LogP) is 2.01. The third kappa shape index (κ3) is 4.61. The molecule has 0 bridgehead atoms. The number of aromatic nitrogens is 1. The minimum absolute atomic E-state index is 0.319. The number of hydrogen-bond acceptors (Lipinski definition) is 6. The standard InChI is InChI=1S/C18H31N5O/c1-4-14-17(24-13-8-6-5-7-9-13)11-10-15(22-14)18(19)16(12-21-2)23(3)20/h10-11,13,21H,4-9,12,19-20H2,1-3H3/b18-16-. The summed E-state index contributed by atoms with van der Waals surface area (Å²) in [4.78, 5) is 4.72. The van der Waals surface area contributed by atoms with Crippen LogP contribution in [0.2, 0.25) is 0 Å². The van der Waals surface area contributed by atoms with Crippen LogP contribution in [0.15, 0.2) is 17.8 Å². The van der Waals surface area contributed by atoms with E-state index in [1.165, 1.54) is 24.3 Å². The largest absolute Gasteiger partial charge is 0.489 e. The van der Waals surface area contributed by atoms with Gasteiger partial charge < -0.3 is 20.8 Å². The fourth-order valence-corrected chi connectivity index (χ4v) is 3.09. The van der Waals surface area contributed by atoms with Gasteiger partial charge in [0.05, 0.1) is 28.9 Å². The van der Waals surface area contributed by atoms with Gasteiger partial charge in [-0.15, -0.1) is 0 Å². The van der Waals surface area contributed by atoms with E-state index < -0.39 is 0 Å². The fourth-order valence-electron chi connectivity index (χ4n) is 3.09. The molecule has 0 aromatic carbocycles. The van der Waals surface area contributed by atoms with E-state index in [1.54, 1.807) is 7.05 Å². The number of rotatable bonds is 7. The lowest BCUT2D eigenvalue weighted by Crippen LogP contribution is -2.33. The molecule has 1 saturated carbocycles. The van der Waals surface area contributed by atoms with Gasteiger partial charge in [0.15, 0.2) is 0 Å². The number of ether oxygens (including phenoxy) is 1. The maximum absolute atomic E-state index is 6.30. The third-order valence-corrected chi connectivity index (χ3v) is 4.47. The van der Waals surface area contributed by atoms with E-state index in [4.69, 9.17) is 21.3 Å². The van der Waals surface area contributed by atoms with Gasteiger partial charge in [0, 0.05) is 13.6 Å². The molecule has 0 amide bonds. The van der Waals surface area contributed by atoms with Crippen molar-refractivity contribution < 1.29 is 4.74 Å². The normalized spacial score (nSPS) is 16.7. The Balaban J connectivity index is 2.25. The maximum atomic E-state index is 6.30. The first-order valence-electron chi connectivity index (χ1n) is 8.85. The molecule has 5 N–H and O–H groups in total. The molecule has 1 aliphatic carbocycles. The molecule has 0 unspecified atom stereocenters. The molecule has 0 atom stereocenters. The first kappa shape index (κ1) is 18.5. The van der Waals surface area contributed by atoms with E-state index in [9.17, 15) is 0 Å². The lowest BCUT2D eigenvalue weighted by molar-refractivity contribution is 0.153. The highest BCUT2D eigenvalue weighted by Crippen LogP contribution is 2.27. The van der Waals surface area contributed by atoms with Crippen LogP contribution in [0.5, 0.6) is 5.75 Å². The average Bonchev–Trinajstić information content (AvgIpc) is 2.60. The van der Waals surface area contributed by atoms with Crippen LogP contribution < -0.4 is 21.6 Å². The van der Waals surface area contributed by atoms with Gasteiger partial charge in [-0.25, -0.2) is 10.8 Å². The molecule has 6 nitrogen and oxygen atoms in total. The van der Waals surface area contributed by atoms with Crippen molar-refractivity contribution in [1.82, 2.24) is 15.3 Å². The van der Waals surface area contributed by atoms with Crippen LogP contribution >= 0.6 is 0 Å². The minimum Gasteiger partial charge on any atom is -0.489 e. The summed E-state index contributed by atoms with van der Waals surface area (Å²) in [6.07, 6.45) is 7.23. The lowest BCUT2D eigenvalue weighted by atomic mass is 9.98. The molecule has 0 radical (unpaired) electrons. The Morgan fingerprint density at radius 3 is 2.62 bits per heavy atom. The van der Waals surface area contributed by atoms with Crippen molar-refractivity contribution in [3.8, 4) is 5.75 Å². The van der Waals surface area contributed by atoms with Crippen LogP contribution in [0, 0.1) is 0 Å². The van der Waals surface area contributed by atoms with Gasteiger partial charge in [-0.05, 0) is 51.3 Å². The number of likely N-dealkylation sites (N-methyl/N-ethyl adjacent to an activating group) is 2. The topological polar surface area (TPSA) is 89.4 Å². The van der Waals surface area contributed by atoms with Gasteiger partial charge in [0.1, 0.15) is 5.75 Å². The number of hydrogen-bond donors (Lipinski definition) is 3. The number of aryl methyl sites for hydroxylation is 1. The molecular weight excluding hydrogens is 302 g/mol. The molecule has 6 heteroatoms. The molecule has 2 rings (SSSR count). The highest BCUT2D eigenvalue weighted by atomic mass is 16.5. The summed E-state index contributed by atoms with van der Waals surface area (Å²) in [5.41, 5.74) is 9.39. The smallest absolute Gasteiger partial charge is 0.141 e. The van der Waals surface area contributed by atoms with Crippen LogP contribution in [0.1, 0.15) is 50.4 Å². The van der Waals surface area contributed by atoms with Gasteiger partial charge in [0.25, 0.3) is 0 Å². The maximum Gasteiger partial charge on any atom is 0.141 e. The Morgan fingerprint density at radius 1 is 1.33 bits per heavy atom. The molecule has 0 saturated heterocycles. The van der Waals surface area contributed by atoms with Crippen molar-refractivity contribution in [2.45, 2.75) is 51.6 Å². The zero-order valence-corrected chi connectivity index (χ0v) is 15.1. The SMILES string of the molecule is CCc1nc(/C(N)=C(\CNC)N(C)N)ccc1OC1CCCCC1. The zero-order chi connectivity index (χ0) is 17.5. The second kappa shape index (κ2) is 8.89. The lowest BCUT2D eigenvalue weighted by Gasteiger charge is -2.24. The van der Waals surface area contributed by atoms with Gasteiger partial charge in [-0.3, -0.25) is 0 Å². The van der Waals surface area contributed by atoms with E-state index in [0.29, 0.717) is 18.3 Å². The summed E-state index contributed by atoms with van der Waals surface area (Å²) in [7, 11) is 3.64. The van der Waals surface area contributed by atoms with Crippen LogP contribution in [-0.4, -0.2) is 36.7 Å². The van der Waals surface area contributed by atoms with Crippen LogP contribution in [0.25, 0.3) is 5.70 Å². The van der Waals surface area contributed by atoms with Crippen LogP contribution in [0.3, 0.4) is 0 Å². The molecule has 1 aromatic rings. The molecule has 1 heterocycles. The molecular formula is C18H31N5O. The molecule has 1 fully saturated rings. The number of nitrogens with two attached hydrogens (primary N) is 2. The summed E-state index contributed by atoms with van der Waals surface area (Å²) >= 11 is 0. The first-order valence-corrected chi connectivity index (χ1v) is 8.85. The van der Waals surface area contributed by atoms with Gasteiger partial charge in [0.2, 0.25) is 0 Å². The first-order chi connectivity index (χ1) is 11.6. The van der Waals surface area contributed by atoms with E-state index in [2.05, 4.69) is 12.2 Å². The fraction of sp³-hybridized carbons (Fsp3) is 0.611. The molecule has 1 aliphatic rings. The van der Waals surface area contributed by atoms with Crippen molar-refractivity contribution in [2.24, 2.45) is 11.6 Å². The van der Waals surface area contributed by atoms with Gasteiger partial charge >= 0.3 is 0 Å². The summed E-state index contributed by atoms with van der Waals surface area (Å²) < 4.78 is 6.20. The van der Waals surface area contributed by atoms with Gasteiger partial charge in [-0.1, -0.05) is 13.3 Å². The van der Waals surface area contributed by atoms with Crippen molar-refractivity contribution in [1.29, 1.82) is 0 Å². The summed E-state index contributed by atoms with van der Waals surface area (Å²) in [6.45, 7) is 2.67.